The number of benzene rings is 1. The summed E-state index contributed by atoms with van der Waals surface area (Å²) in [5.74, 6) is -0.129. The molecule has 1 unspecified atom stereocenters. The summed E-state index contributed by atoms with van der Waals surface area (Å²) in [4.78, 5) is 21.6. The van der Waals surface area contributed by atoms with Crippen molar-refractivity contribution in [1.29, 1.82) is 0 Å². The molecule has 0 bridgehead atoms. The van der Waals surface area contributed by atoms with Crippen LogP contribution < -0.4 is 4.74 Å². The molecule has 1 atom stereocenters. The lowest BCUT2D eigenvalue weighted by atomic mass is 10.0. The summed E-state index contributed by atoms with van der Waals surface area (Å²) < 4.78 is 5.20. The van der Waals surface area contributed by atoms with Gasteiger partial charge in [0.2, 0.25) is 0 Å². The Morgan fingerprint density at radius 2 is 2.00 bits per heavy atom. The summed E-state index contributed by atoms with van der Waals surface area (Å²) in [5, 5.41) is 9.90. The number of aliphatic carboxylic acids is 1. The standard InChI is InChI=1S/C17H15ClN2O3S2/c1-8-12(10-4-6-11(23-3)7-5-10)13-14(18)19-17(20-15(13)24-8)25-9(2)16(21)22/h4-7,9H,1-3H3,(H,21,22). The second kappa shape index (κ2) is 7.19. The van der Waals surface area contributed by atoms with Crippen LogP contribution in [0.2, 0.25) is 5.15 Å². The zero-order valence-corrected chi connectivity index (χ0v) is 16.1. The van der Waals surface area contributed by atoms with Gasteiger partial charge in [-0.3, -0.25) is 4.79 Å². The third-order valence-corrected chi connectivity index (χ3v) is 5.89. The summed E-state index contributed by atoms with van der Waals surface area (Å²) in [6, 6.07) is 7.73. The van der Waals surface area contributed by atoms with E-state index in [1.807, 2.05) is 31.2 Å². The molecule has 2 aromatic heterocycles. The van der Waals surface area contributed by atoms with E-state index in [4.69, 9.17) is 21.4 Å². The summed E-state index contributed by atoms with van der Waals surface area (Å²) in [6.07, 6.45) is 0. The highest BCUT2D eigenvalue weighted by Crippen LogP contribution is 2.41. The van der Waals surface area contributed by atoms with Crippen LogP contribution in [0.4, 0.5) is 0 Å². The molecule has 0 amide bonds. The fourth-order valence-corrected chi connectivity index (χ4v) is 4.60. The number of aryl methyl sites for hydroxylation is 1. The van der Waals surface area contributed by atoms with Crippen LogP contribution in [0.3, 0.4) is 0 Å². The molecule has 0 aliphatic heterocycles. The molecule has 25 heavy (non-hydrogen) atoms. The normalized spacial score (nSPS) is 12.3. The maximum Gasteiger partial charge on any atom is 0.316 e. The SMILES string of the molecule is COc1ccc(-c2c(C)sc3nc(SC(C)C(=O)O)nc(Cl)c23)cc1. The first-order valence-corrected chi connectivity index (χ1v) is 9.48. The average Bonchev–Trinajstić information content (AvgIpc) is 2.91. The number of aromatic nitrogens is 2. The van der Waals surface area contributed by atoms with Crippen molar-refractivity contribution in [3.8, 4) is 16.9 Å². The molecule has 0 saturated carbocycles. The van der Waals surface area contributed by atoms with Gasteiger partial charge in [0, 0.05) is 10.4 Å². The fraction of sp³-hybridized carbons (Fsp3) is 0.235. The van der Waals surface area contributed by atoms with Crippen molar-refractivity contribution in [2.24, 2.45) is 0 Å². The van der Waals surface area contributed by atoms with E-state index in [1.165, 1.54) is 11.3 Å². The third-order valence-electron chi connectivity index (χ3n) is 3.67. The Morgan fingerprint density at radius 3 is 2.60 bits per heavy atom. The smallest absolute Gasteiger partial charge is 0.316 e. The number of ether oxygens (including phenoxy) is 1. The van der Waals surface area contributed by atoms with E-state index >= 15 is 0 Å². The summed E-state index contributed by atoms with van der Waals surface area (Å²) in [5.41, 5.74) is 2.00. The monoisotopic (exact) mass is 394 g/mol. The molecule has 0 spiro atoms. The predicted molar refractivity (Wildman–Crippen MR) is 102 cm³/mol. The molecule has 3 aromatic rings. The van der Waals surface area contributed by atoms with Crippen molar-refractivity contribution >= 4 is 50.9 Å². The Labute approximate surface area is 158 Å². The van der Waals surface area contributed by atoms with Crippen LogP contribution in [0.25, 0.3) is 21.3 Å². The van der Waals surface area contributed by atoms with Gasteiger partial charge in [-0.2, -0.15) is 0 Å². The van der Waals surface area contributed by atoms with Crippen LogP contribution in [-0.4, -0.2) is 33.4 Å². The Hall–Kier alpha value is -1.83. The van der Waals surface area contributed by atoms with Crippen molar-refractivity contribution in [3.63, 3.8) is 0 Å². The van der Waals surface area contributed by atoms with Gasteiger partial charge in [-0.1, -0.05) is 35.5 Å². The van der Waals surface area contributed by atoms with Crippen LogP contribution in [-0.2, 0) is 4.79 Å². The molecule has 0 fully saturated rings. The number of thiophene rings is 1. The van der Waals surface area contributed by atoms with Crippen LogP contribution in [0, 0.1) is 6.92 Å². The fourth-order valence-electron chi connectivity index (χ4n) is 2.42. The first-order valence-electron chi connectivity index (χ1n) is 7.41. The molecule has 0 saturated heterocycles. The third kappa shape index (κ3) is 3.58. The number of thioether (sulfide) groups is 1. The Balaban J connectivity index is 2.08. The molecule has 130 valence electrons. The topological polar surface area (TPSA) is 72.3 Å². The van der Waals surface area contributed by atoms with Crippen LogP contribution >= 0.6 is 34.7 Å². The van der Waals surface area contributed by atoms with Gasteiger partial charge in [-0.15, -0.1) is 11.3 Å². The number of carboxylic acid groups (broad SMARTS) is 1. The highest BCUT2D eigenvalue weighted by Gasteiger charge is 2.20. The quantitative estimate of drug-likeness (QED) is 0.377. The molecule has 0 aliphatic carbocycles. The van der Waals surface area contributed by atoms with Crippen LogP contribution in [0.1, 0.15) is 11.8 Å². The van der Waals surface area contributed by atoms with Gasteiger partial charge >= 0.3 is 5.97 Å². The van der Waals surface area contributed by atoms with Gasteiger partial charge in [-0.05, 0) is 31.5 Å². The van der Waals surface area contributed by atoms with E-state index in [2.05, 4.69) is 9.97 Å². The lowest BCUT2D eigenvalue weighted by Gasteiger charge is -2.07. The average molecular weight is 395 g/mol. The van der Waals surface area contributed by atoms with E-state index in [-0.39, 0.29) is 0 Å². The number of methoxy groups -OCH3 is 1. The molecule has 8 heteroatoms. The first-order chi connectivity index (χ1) is 11.9. The minimum absolute atomic E-state index is 0.334. The maximum absolute atomic E-state index is 11.0. The van der Waals surface area contributed by atoms with E-state index in [0.717, 1.165) is 43.7 Å². The summed E-state index contributed by atoms with van der Waals surface area (Å²) in [6.45, 7) is 3.60. The van der Waals surface area contributed by atoms with E-state index < -0.39 is 11.2 Å². The van der Waals surface area contributed by atoms with Crippen molar-refractivity contribution in [1.82, 2.24) is 9.97 Å². The first kappa shape index (κ1) is 18.0. The number of hydrogen-bond donors (Lipinski definition) is 1. The number of hydrogen-bond acceptors (Lipinski definition) is 6. The second-order valence-corrected chi connectivity index (χ2v) is 8.21. The number of fused-ring (bicyclic) bond motifs is 1. The zero-order chi connectivity index (χ0) is 18.1. The molecule has 0 radical (unpaired) electrons. The number of rotatable bonds is 5. The molecule has 5 nitrogen and oxygen atoms in total. The minimum atomic E-state index is -0.911. The predicted octanol–water partition coefficient (Wildman–Crippen LogP) is 4.89. The maximum atomic E-state index is 11.0. The molecule has 1 aromatic carbocycles. The number of halogens is 1. The molecule has 3 rings (SSSR count). The molecular formula is C17H15ClN2O3S2. The van der Waals surface area contributed by atoms with Gasteiger partial charge in [0.05, 0.1) is 12.5 Å². The second-order valence-electron chi connectivity index (χ2n) is 5.34. The van der Waals surface area contributed by atoms with Crippen molar-refractivity contribution in [2.45, 2.75) is 24.3 Å². The van der Waals surface area contributed by atoms with E-state index in [9.17, 15) is 4.79 Å². The number of carboxylic acids is 1. The Morgan fingerprint density at radius 1 is 1.32 bits per heavy atom. The van der Waals surface area contributed by atoms with Crippen molar-refractivity contribution in [3.05, 3.63) is 34.3 Å². The van der Waals surface area contributed by atoms with Crippen LogP contribution in [0.5, 0.6) is 5.75 Å². The van der Waals surface area contributed by atoms with Gasteiger partial charge in [0.25, 0.3) is 0 Å². The number of carbonyl (C=O) groups is 1. The summed E-state index contributed by atoms with van der Waals surface area (Å²) >= 11 is 9.02. The molecule has 1 N–H and O–H groups in total. The zero-order valence-electron chi connectivity index (χ0n) is 13.7. The largest absolute Gasteiger partial charge is 0.497 e. The minimum Gasteiger partial charge on any atom is -0.497 e. The van der Waals surface area contributed by atoms with Gasteiger partial charge in [-0.25, -0.2) is 9.97 Å². The Kier molecular flexibility index (Phi) is 5.17. The highest BCUT2D eigenvalue weighted by molar-refractivity contribution is 8.00. The van der Waals surface area contributed by atoms with E-state index in [0.29, 0.717) is 10.3 Å². The van der Waals surface area contributed by atoms with Crippen molar-refractivity contribution in [2.75, 3.05) is 7.11 Å². The highest BCUT2D eigenvalue weighted by atomic mass is 35.5. The lowest BCUT2D eigenvalue weighted by Crippen LogP contribution is -2.11. The van der Waals surface area contributed by atoms with Gasteiger partial charge in [0.15, 0.2) is 5.16 Å². The summed E-state index contributed by atoms with van der Waals surface area (Å²) in [7, 11) is 1.63. The van der Waals surface area contributed by atoms with Crippen molar-refractivity contribution < 1.29 is 14.6 Å². The van der Waals surface area contributed by atoms with E-state index in [1.54, 1.807) is 14.0 Å². The van der Waals surface area contributed by atoms with Gasteiger partial charge in [0.1, 0.15) is 21.0 Å². The molecule has 0 aliphatic rings. The number of nitrogens with zero attached hydrogens (tertiary/aromatic N) is 2. The van der Waals surface area contributed by atoms with Gasteiger partial charge < -0.3 is 9.84 Å². The molecular weight excluding hydrogens is 380 g/mol. The lowest BCUT2D eigenvalue weighted by molar-refractivity contribution is -0.136. The Bertz CT molecular complexity index is 941. The molecule has 2 heterocycles. The van der Waals surface area contributed by atoms with Crippen LogP contribution in [0.15, 0.2) is 29.4 Å².